The van der Waals surface area contributed by atoms with Gasteiger partial charge in [0.1, 0.15) is 5.69 Å². The lowest BCUT2D eigenvalue weighted by atomic mass is 10.1. The predicted octanol–water partition coefficient (Wildman–Crippen LogP) is 4.28. The molecule has 1 aliphatic heterocycles. The molecule has 1 heterocycles. The molecule has 2 N–H and O–H groups in total. The van der Waals surface area contributed by atoms with E-state index in [1.54, 1.807) is 37.3 Å². The average Bonchev–Trinajstić information content (AvgIpc) is 3.17. The van der Waals surface area contributed by atoms with E-state index in [0.29, 0.717) is 27.5 Å². The maximum atomic E-state index is 12.3. The maximum absolute atomic E-state index is 12.3. The van der Waals surface area contributed by atoms with E-state index in [2.05, 4.69) is 10.6 Å². The number of thiocarbonyl (C=S) groups is 1. The highest BCUT2D eigenvalue weighted by Gasteiger charge is 2.24. The predicted molar refractivity (Wildman–Crippen MR) is 114 cm³/mol. The number of aryl methyl sites for hydroxylation is 1. The van der Waals surface area contributed by atoms with Crippen molar-refractivity contribution >= 4 is 51.9 Å². The van der Waals surface area contributed by atoms with Crippen molar-refractivity contribution in [2.75, 3.05) is 23.3 Å². The van der Waals surface area contributed by atoms with Crippen molar-refractivity contribution < 1.29 is 9.72 Å². The first-order valence-electron chi connectivity index (χ1n) is 8.77. The topological polar surface area (TPSA) is 87.5 Å². The Morgan fingerprint density at radius 1 is 1.25 bits per heavy atom. The van der Waals surface area contributed by atoms with E-state index in [1.165, 1.54) is 6.07 Å². The van der Waals surface area contributed by atoms with Gasteiger partial charge in [0.2, 0.25) is 0 Å². The lowest BCUT2D eigenvalue weighted by Gasteiger charge is -2.20. The van der Waals surface area contributed by atoms with Crippen LogP contribution in [0, 0.1) is 17.0 Å². The number of amides is 1. The van der Waals surface area contributed by atoms with Gasteiger partial charge in [-0.15, -0.1) is 0 Å². The third kappa shape index (κ3) is 4.40. The highest BCUT2D eigenvalue weighted by Crippen LogP contribution is 2.35. The molecule has 1 amide bonds. The quantitative estimate of drug-likeness (QED) is 0.437. The molecule has 0 bridgehead atoms. The lowest BCUT2D eigenvalue weighted by molar-refractivity contribution is -0.384. The monoisotopic (exact) mass is 418 g/mol. The van der Waals surface area contributed by atoms with Crippen molar-refractivity contribution in [3.05, 3.63) is 62.7 Å². The largest absolute Gasteiger partial charge is 0.366 e. The second kappa shape index (κ2) is 8.53. The third-order valence-electron chi connectivity index (χ3n) is 4.56. The van der Waals surface area contributed by atoms with Crippen molar-refractivity contribution in [1.82, 2.24) is 5.32 Å². The number of nitrogens with one attached hydrogen (secondary N) is 2. The number of rotatable bonds is 4. The van der Waals surface area contributed by atoms with Crippen LogP contribution in [0.2, 0.25) is 5.02 Å². The molecule has 0 atom stereocenters. The molecule has 3 rings (SSSR count). The Labute approximate surface area is 172 Å². The van der Waals surface area contributed by atoms with E-state index < -0.39 is 5.91 Å². The van der Waals surface area contributed by atoms with Gasteiger partial charge < -0.3 is 10.2 Å². The van der Waals surface area contributed by atoms with Crippen LogP contribution in [0.25, 0.3) is 0 Å². The van der Waals surface area contributed by atoms with Crippen LogP contribution in [0.4, 0.5) is 17.1 Å². The molecule has 0 aromatic heterocycles. The molecule has 0 spiro atoms. The minimum atomic E-state index is -0.428. The summed E-state index contributed by atoms with van der Waals surface area (Å²) >= 11 is 11.3. The molecule has 0 saturated carbocycles. The van der Waals surface area contributed by atoms with Crippen molar-refractivity contribution in [1.29, 1.82) is 0 Å². The van der Waals surface area contributed by atoms with Crippen LogP contribution in [0.1, 0.15) is 28.8 Å². The Morgan fingerprint density at radius 3 is 2.57 bits per heavy atom. The van der Waals surface area contributed by atoms with E-state index >= 15 is 0 Å². The maximum Gasteiger partial charge on any atom is 0.292 e. The SMILES string of the molecule is Cc1cc([N+](=O)[O-])c(N2CCCC2)cc1NC(=S)NC(=O)c1ccccc1Cl. The summed E-state index contributed by atoms with van der Waals surface area (Å²) in [6.07, 6.45) is 2.00. The average molecular weight is 419 g/mol. The van der Waals surface area contributed by atoms with Crippen LogP contribution >= 0.6 is 23.8 Å². The molecule has 0 unspecified atom stereocenters. The first-order chi connectivity index (χ1) is 13.4. The fourth-order valence-corrected chi connectivity index (χ4v) is 3.57. The molecule has 146 valence electrons. The Kier molecular flexibility index (Phi) is 6.11. The van der Waals surface area contributed by atoms with Crippen LogP contribution < -0.4 is 15.5 Å². The van der Waals surface area contributed by atoms with Gasteiger partial charge >= 0.3 is 0 Å². The molecule has 0 aliphatic carbocycles. The van der Waals surface area contributed by atoms with E-state index in [0.717, 1.165) is 25.9 Å². The van der Waals surface area contributed by atoms with Crippen LogP contribution in [0.15, 0.2) is 36.4 Å². The van der Waals surface area contributed by atoms with Gasteiger partial charge in [0, 0.05) is 24.8 Å². The fraction of sp³-hybridized carbons (Fsp3) is 0.263. The van der Waals surface area contributed by atoms with Gasteiger partial charge in [0.15, 0.2) is 5.11 Å². The number of carbonyl (C=O) groups excluding carboxylic acids is 1. The minimum absolute atomic E-state index is 0.0657. The number of hydrogen-bond acceptors (Lipinski definition) is 5. The Bertz CT molecular complexity index is 945. The first-order valence-corrected chi connectivity index (χ1v) is 9.56. The summed E-state index contributed by atoms with van der Waals surface area (Å²) in [5, 5.41) is 17.4. The van der Waals surface area contributed by atoms with E-state index in [9.17, 15) is 14.9 Å². The number of anilines is 2. The number of nitro groups is 1. The van der Waals surface area contributed by atoms with Crippen LogP contribution in [-0.2, 0) is 0 Å². The van der Waals surface area contributed by atoms with E-state index in [1.807, 2.05) is 4.90 Å². The summed E-state index contributed by atoms with van der Waals surface area (Å²) in [6.45, 7) is 3.30. The third-order valence-corrected chi connectivity index (χ3v) is 5.09. The second-order valence-electron chi connectivity index (χ2n) is 6.50. The lowest BCUT2D eigenvalue weighted by Crippen LogP contribution is -2.34. The highest BCUT2D eigenvalue weighted by molar-refractivity contribution is 7.80. The summed E-state index contributed by atoms with van der Waals surface area (Å²) < 4.78 is 0. The number of nitrogens with zero attached hydrogens (tertiary/aromatic N) is 2. The van der Waals surface area contributed by atoms with Gasteiger partial charge in [-0.2, -0.15) is 0 Å². The molecule has 1 fully saturated rings. The van der Waals surface area contributed by atoms with E-state index in [-0.39, 0.29) is 15.7 Å². The van der Waals surface area contributed by atoms with Crippen LogP contribution in [0.3, 0.4) is 0 Å². The van der Waals surface area contributed by atoms with Gasteiger partial charge in [0.05, 0.1) is 15.5 Å². The van der Waals surface area contributed by atoms with Gasteiger partial charge in [-0.1, -0.05) is 23.7 Å². The van der Waals surface area contributed by atoms with Gasteiger partial charge in [-0.05, 0) is 55.7 Å². The molecule has 9 heteroatoms. The van der Waals surface area contributed by atoms with Gasteiger partial charge in [-0.25, -0.2) is 0 Å². The number of halogens is 1. The van der Waals surface area contributed by atoms with Crippen molar-refractivity contribution in [3.63, 3.8) is 0 Å². The number of hydrogen-bond donors (Lipinski definition) is 2. The van der Waals surface area contributed by atoms with Crippen molar-refractivity contribution in [2.24, 2.45) is 0 Å². The highest BCUT2D eigenvalue weighted by atomic mass is 35.5. The number of nitro benzene ring substituents is 1. The molecule has 7 nitrogen and oxygen atoms in total. The smallest absolute Gasteiger partial charge is 0.292 e. The van der Waals surface area contributed by atoms with Crippen molar-refractivity contribution in [2.45, 2.75) is 19.8 Å². The van der Waals surface area contributed by atoms with Gasteiger partial charge in [-0.3, -0.25) is 20.2 Å². The number of benzene rings is 2. The first kappa shape index (κ1) is 20.0. The summed E-state index contributed by atoms with van der Waals surface area (Å²) in [5.41, 5.74) is 2.19. The number of carbonyl (C=O) groups is 1. The zero-order valence-electron chi connectivity index (χ0n) is 15.2. The molecule has 0 radical (unpaired) electrons. The Balaban J connectivity index is 1.80. The summed E-state index contributed by atoms with van der Waals surface area (Å²) in [7, 11) is 0. The molecule has 2 aromatic rings. The molecule has 1 saturated heterocycles. The molecule has 2 aromatic carbocycles. The Morgan fingerprint density at radius 2 is 1.93 bits per heavy atom. The van der Waals surface area contributed by atoms with Crippen molar-refractivity contribution in [3.8, 4) is 0 Å². The van der Waals surface area contributed by atoms with Crippen LogP contribution in [-0.4, -0.2) is 29.0 Å². The standard InChI is InChI=1S/C19H19ClN4O3S/c1-12-10-17(24(26)27)16(23-8-4-5-9-23)11-15(12)21-19(28)22-18(25)13-6-2-3-7-14(13)20/h2-3,6-7,10-11H,4-5,8-9H2,1H3,(H2,21,22,25,28). The second-order valence-corrected chi connectivity index (χ2v) is 7.31. The van der Waals surface area contributed by atoms with Crippen LogP contribution in [0.5, 0.6) is 0 Å². The Hall–Kier alpha value is -2.71. The van der Waals surface area contributed by atoms with E-state index in [4.69, 9.17) is 23.8 Å². The normalized spacial score (nSPS) is 13.3. The zero-order valence-corrected chi connectivity index (χ0v) is 16.8. The minimum Gasteiger partial charge on any atom is -0.366 e. The molecule has 1 aliphatic rings. The summed E-state index contributed by atoms with van der Waals surface area (Å²) in [4.78, 5) is 25.4. The molecular formula is C19H19ClN4O3S. The zero-order chi connectivity index (χ0) is 20.3. The molecular weight excluding hydrogens is 400 g/mol. The van der Waals surface area contributed by atoms with Gasteiger partial charge in [0.25, 0.3) is 11.6 Å². The summed E-state index contributed by atoms with van der Waals surface area (Å²) in [5.74, 6) is -0.428. The molecule has 28 heavy (non-hydrogen) atoms. The fourth-order valence-electron chi connectivity index (χ4n) is 3.14. The summed E-state index contributed by atoms with van der Waals surface area (Å²) in [6, 6.07) is 9.90.